The van der Waals surface area contributed by atoms with Crippen molar-refractivity contribution in [2.45, 2.75) is 43.7 Å². The van der Waals surface area contributed by atoms with Crippen LogP contribution >= 0.6 is 0 Å². The first kappa shape index (κ1) is 21.5. The molecule has 1 saturated heterocycles. The van der Waals surface area contributed by atoms with Gasteiger partial charge in [-0.25, -0.2) is 13.4 Å². The van der Waals surface area contributed by atoms with Crippen molar-refractivity contribution in [2.75, 3.05) is 27.2 Å². The van der Waals surface area contributed by atoms with Gasteiger partial charge in [-0.1, -0.05) is 12.1 Å². The molecule has 166 valence electrons. The van der Waals surface area contributed by atoms with E-state index in [2.05, 4.69) is 4.98 Å². The maximum absolute atomic E-state index is 13.4. The Kier molecular flexibility index (Phi) is 5.61. The minimum absolute atomic E-state index is 0.0862. The number of aromatic nitrogens is 2. The van der Waals surface area contributed by atoms with Crippen LogP contribution in [0.4, 0.5) is 0 Å². The number of likely N-dealkylation sites (tertiary alicyclic amines) is 1. The third-order valence-corrected chi connectivity index (χ3v) is 7.85. The molecule has 3 heterocycles. The van der Waals surface area contributed by atoms with Gasteiger partial charge >= 0.3 is 0 Å². The Balaban J connectivity index is 1.83. The van der Waals surface area contributed by atoms with Crippen LogP contribution in [-0.2, 0) is 21.4 Å². The van der Waals surface area contributed by atoms with E-state index in [4.69, 9.17) is 0 Å². The highest BCUT2D eigenvalue weighted by Crippen LogP contribution is 2.32. The van der Waals surface area contributed by atoms with Gasteiger partial charge in [0.2, 0.25) is 15.9 Å². The Labute approximate surface area is 182 Å². The molecule has 9 nitrogen and oxygen atoms in total. The first-order valence-electron chi connectivity index (χ1n) is 10.4. The van der Waals surface area contributed by atoms with Gasteiger partial charge in [0.25, 0.3) is 5.91 Å². The molecule has 0 N–H and O–H groups in total. The molecule has 0 spiro atoms. The summed E-state index contributed by atoms with van der Waals surface area (Å²) in [7, 11) is -0.789. The number of hydrogen-bond acceptors (Lipinski definition) is 5. The van der Waals surface area contributed by atoms with E-state index >= 15 is 0 Å². The van der Waals surface area contributed by atoms with Gasteiger partial charge in [0.1, 0.15) is 11.2 Å². The van der Waals surface area contributed by atoms with Gasteiger partial charge in [0.15, 0.2) is 5.69 Å². The van der Waals surface area contributed by atoms with Gasteiger partial charge in [0.05, 0.1) is 24.5 Å². The van der Waals surface area contributed by atoms with Crippen molar-refractivity contribution in [2.24, 2.45) is 0 Å². The molecule has 2 aliphatic rings. The highest BCUT2D eigenvalue weighted by atomic mass is 32.2. The van der Waals surface area contributed by atoms with E-state index in [1.807, 2.05) is 11.8 Å². The average molecular weight is 446 g/mol. The molecular weight excluding hydrogens is 418 g/mol. The molecule has 1 atom stereocenters. The normalized spacial score (nSPS) is 20.5. The Morgan fingerprint density at radius 1 is 1.19 bits per heavy atom. The lowest BCUT2D eigenvalue weighted by atomic mass is 10.0. The monoisotopic (exact) mass is 445 g/mol. The molecule has 0 bridgehead atoms. The molecule has 1 aromatic heterocycles. The number of piperidine rings is 1. The molecular formula is C21H27N5O4S. The van der Waals surface area contributed by atoms with Crippen molar-refractivity contribution in [3.63, 3.8) is 0 Å². The van der Waals surface area contributed by atoms with E-state index in [0.717, 1.165) is 23.6 Å². The fourth-order valence-corrected chi connectivity index (χ4v) is 5.68. The maximum atomic E-state index is 13.4. The van der Waals surface area contributed by atoms with Crippen LogP contribution in [-0.4, -0.2) is 77.1 Å². The number of hydrogen-bond donors (Lipinski definition) is 0. The van der Waals surface area contributed by atoms with Crippen molar-refractivity contribution in [3.8, 4) is 5.69 Å². The minimum atomic E-state index is -3.95. The number of fused-ring (bicyclic) bond motifs is 3. The Bertz CT molecular complexity index is 1120. The zero-order chi connectivity index (χ0) is 22.3. The maximum Gasteiger partial charge on any atom is 0.274 e. The number of sulfonamides is 1. The van der Waals surface area contributed by atoms with Crippen molar-refractivity contribution >= 4 is 21.8 Å². The van der Waals surface area contributed by atoms with Crippen molar-refractivity contribution < 1.29 is 18.0 Å². The molecule has 0 radical (unpaired) electrons. The standard InChI is InChI=1S/C21H27N5O4S/c1-15-8-6-7-11-25(15)21(28)20-17-12-24(13-19(27)23(2)3)31(29,30)18-10-5-4-9-16(18)26(17)14-22-20/h4-5,9-10,14-15H,6-8,11-13H2,1-3H3/t15-/m0/s1. The van der Waals surface area contributed by atoms with E-state index in [1.165, 1.54) is 17.3 Å². The minimum Gasteiger partial charge on any atom is -0.348 e. The highest BCUT2D eigenvalue weighted by molar-refractivity contribution is 7.89. The number of nitrogens with zero attached hydrogens (tertiary/aromatic N) is 5. The largest absolute Gasteiger partial charge is 0.348 e. The summed E-state index contributed by atoms with van der Waals surface area (Å²) in [5, 5.41) is 0. The Morgan fingerprint density at radius 3 is 2.65 bits per heavy atom. The van der Waals surface area contributed by atoms with E-state index < -0.39 is 10.0 Å². The van der Waals surface area contributed by atoms with Crippen LogP contribution in [0.15, 0.2) is 35.5 Å². The van der Waals surface area contributed by atoms with Gasteiger partial charge in [-0.15, -0.1) is 0 Å². The van der Waals surface area contributed by atoms with Gasteiger partial charge in [-0.3, -0.25) is 14.2 Å². The summed E-state index contributed by atoms with van der Waals surface area (Å²) in [5.74, 6) is -0.539. The Hall–Kier alpha value is -2.72. The molecule has 2 aromatic rings. The zero-order valence-corrected chi connectivity index (χ0v) is 18.8. The first-order valence-corrected chi connectivity index (χ1v) is 11.8. The molecule has 1 aromatic carbocycles. The number of imidazole rings is 1. The summed E-state index contributed by atoms with van der Waals surface area (Å²) in [6.45, 7) is 2.25. The second-order valence-electron chi connectivity index (χ2n) is 8.28. The van der Waals surface area contributed by atoms with Crippen LogP contribution in [0.3, 0.4) is 0 Å². The third-order valence-electron chi connectivity index (χ3n) is 6.01. The number of likely N-dealkylation sites (N-methyl/N-ethyl adjacent to an activating group) is 1. The summed E-state index contributed by atoms with van der Waals surface area (Å²) in [6, 6.07) is 6.69. The van der Waals surface area contributed by atoms with Crippen LogP contribution in [0.5, 0.6) is 0 Å². The molecule has 0 saturated carbocycles. The van der Waals surface area contributed by atoms with Crippen LogP contribution in [0.2, 0.25) is 0 Å². The molecule has 2 amide bonds. The molecule has 0 unspecified atom stereocenters. The second-order valence-corrected chi connectivity index (χ2v) is 10.2. The van der Waals surface area contributed by atoms with Gasteiger partial charge in [-0.2, -0.15) is 4.31 Å². The number of carbonyl (C=O) groups excluding carboxylic acids is 2. The van der Waals surface area contributed by atoms with Crippen LogP contribution < -0.4 is 0 Å². The van der Waals surface area contributed by atoms with E-state index in [0.29, 0.717) is 17.9 Å². The molecule has 2 aliphatic heterocycles. The van der Waals surface area contributed by atoms with E-state index in [1.54, 1.807) is 36.9 Å². The van der Waals surface area contributed by atoms with Crippen LogP contribution in [0.25, 0.3) is 5.69 Å². The highest BCUT2D eigenvalue weighted by Gasteiger charge is 2.37. The number of rotatable bonds is 3. The van der Waals surface area contributed by atoms with E-state index in [-0.39, 0.29) is 41.5 Å². The smallest absolute Gasteiger partial charge is 0.274 e. The summed E-state index contributed by atoms with van der Waals surface area (Å²) in [6.07, 6.45) is 4.45. The summed E-state index contributed by atoms with van der Waals surface area (Å²) < 4.78 is 29.6. The molecule has 0 aliphatic carbocycles. The lowest BCUT2D eigenvalue weighted by molar-refractivity contribution is -0.128. The molecule has 1 fully saturated rings. The second kappa shape index (κ2) is 8.08. The van der Waals surface area contributed by atoms with Gasteiger partial charge < -0.3 is 9.80 Å². The molecule has 4 rings (SSSR count). The number of para-hydroxylation sites is 1. The third kappa shape index (κ3) is 3.74. The SMILES string of the molecule is C[C@H]1CCCCN1C(=O)c1ncn2c1CN(CC(=O)N(C)C)S(=O)(=O)c1ccccc1-2. The first-order chi connectivity index (χ1) is 14.7. The molecule has 10 heteroatoms. The lowest BCUT2D eigenvalue weighted by Crippen LogP contribution is -2.43. The fourth-order valence-electron chi connectivity index (χ4n) is 4.15. The summed E-state index contributed by atoms with van der Waals surface area (Å²) >= 11 is 0. The number of amides is 2. The van der Waals surface area contributed by atoms with Gasteiger partial charge in [-0.05, 0) is 38.3 Å². The van der Waals surface area contributed by atoms with Crippen molar-refractivity contribution in [1.29, 1.82) is 0 Å². The fraction of sp³-hybridized carbons (Fsp3) is 0.476. The van der Waals surface area contributed by atoms with Crippen LogP contribution in [0.1, 0.15) is 42.4 Å². The zero-order valence-electron chi connectivity index (χ0n) is 18.0. The van der Waals surface area contributed by atoms with Gasteiger partial charge in [0, 0.05) is 26.7 Å². The van der Waals surface area contributed by atoms with Crippen molar-refractivity contribution in [3.05, 3.63) is 42.0 Å². The lowest BCUT2D eigenvalue weighted by Gasteiger charge is -2.33. The van der Waals surface area contributed by atoms with Crippen LogP contribution in [0, 0.1) is 0 Å². The number of benzene rings is 1. The quantitative estimate of drug-likeness (QED) is 0.713. The van der Waals surface area contributed by atoms with Crippen molar-refractivity contribution in [1.82, 2.24) is 23.7 Å². The summed E-state index contributed by atoms with van der Waals surface area (Å²) in [4.78, 5) is 33.4. The predicted octanol–water partition coefficient (Wildman–Crippen LogP) is 1.48. The molecule has 31 heavy (non-hydrogen) atoms. The number of carbonyl (C=O) groups is 2. The van der Waals surface area contributed by atoms with E-state index in [9.17, 15) is 18.0 Å². The Morgan fingerprint density at radius 2 is 1.94 bits per heavy atom. The summed E-state index contributed by atoms with van der Waals surface area (Å²) in [5.41, 5.74) is 1.14. The average Bonchev–Trinajstić information content (AvgIpc) is 3.13. The predicted molar refractivity (Wildman–Crippen MR) is 114 cm³/mol. The topological polar surface area (TPSA) is 95.8 Å².